The van der Waals surface area contributed by atoms with Crippen LogP contribution in [0.15, 0.2) is 12.3 Å². The van der Waals surface area contributed by atoms with Crippen molar-refractivity contribution in [1.82, 2.24) is 14.7 Å². The maximum absolute atomic E-state index is 12.8. The molecule has 0 atom stereocenters. The summed E-state index contributed by atoms with van der Waals surface area (Å²) in [6.45, 7) is 6.12. The van der Waals surface area contributed by atoms with Gasteiger partial charge in [-0.2, -0.15) is 5.10 Å². The van der Waals surface area contributed by atoms with Gasteiger partial charge >= 0.3 is 0 Å². The van der Waals surface area contributed by atoms with E-state index in [1.54, 1.807) is 4.68 Å². The fraction of sp³-hybridized carbons (Fsp3) is 0.714. The number of Topliss-reactive ketones (excluding diaryl/α,β-unsaturated/α-hetero) is 1. The Morgan fingerprint density at radius 3 is 2.44 bits per heavy atom. The molecule has 1 heterocycles. The van der Waals surface area contributed by atoms with Crippen LogP contribution in [-0.4, -0.2) is 39.1 Å². The minimum absolute atomic E-state index is 0.212. The Morgan fingerprint density at radius 2 is 2.00 bits per heavy atom. The molecule has 0 bridgehead atoms. The molecule has 0 N–H and O–H groups in total. The van der Waals surface area contributed by atoms with E-state index in [4.69, 9.17) is 0 Å². The van der Waals surface area contributed by atoms with Crippen LogP contribution in [0.2, 0.25) is 0 Å². The fourth-order valence-corrected chi connectivity index (χ4v) is 3.25. The van der Waals surface area contributed by atoms with Crippen LogP contribution in [0, 0.1) is 0 Å². The van der Waals surface area contributed by atoms with Gasteiger partial charge in [0, 0.05) is 13.2 Å². The van der Waals surface area contributed by atoms with Gasteiger partial charge in [0.05, 0.1) is 5.54 Å². The van der Waals surface area contributed by atoms with E-state index in [1.807, 2.05) is 19.3 Å². The monoisotopic (exact) mass is 249 g/mol. The van der Waals surface area contributed by atoms with Crippen molar-refractivity contribution < 1.29 is 4.79 Å². The molecule has 2 rings (SSSR count). The van der Waals surface area contributed by atoms with Crippen molar-refractivity contribution in [2.45, 2.75) is 45.1 Å². The number of carbonyl (C=O) groups excluding carboxylic acids is 1. The van der Waals surface area contributed by atoms with Crippen molar-refractivity contribution >= 4 is 5.78 Å². The van der Waals surface area contributed by atoms with Crippen LogP contribution in [0.3, 0.4) is 0 Å². The fourth-order valence-electron chi connectivity index (χ4n) is 3.25. The lowest BCUT2D eigenvalue weighted by atomic mass is 9.87. The second-order valence-corrected chi connectivity index (χ2v) is 5.11. The molecule has 1 fully saturated rings. The zero-order valence-corrected chi connectivity index (χ0v) is 11.6. The lowest BCUT2D eigenvalue weighted by molar-refractivity contribution is 0.0578. The zero-order chi connectivity index (χ0) is 13.2. The highest BCUT2D eigenvalue weighted by Crippen LogP contribution is 2.37. The smallest absolute Gasteiger partial charge is 0.203 e. The Labute approximate surface area is 109 Å². The van der Waals surface area contributed by atoms with Gasteiger partial charge in [-0.05, 0) is 32.0 Å². The van der Waals surface area contributed by atoms with Crippen LogP contribution >= 0.6 is 0 Å². The summed E-state index contributed by atoms with van der Waals surface area (Å²) in [5, 5.41) is 4.29. The molecule has 0 spiro atoms. The Bertz CT molecular complexity index is 414. The second kappa shape index (κ2) is 5.22. The van der Waals surface area contributed by atoms with E-state index in [-0.39, 0.29) is 11.3 Å². The molecule has 1 aromatic heterocycles. The van der Waals surface area contributed by atoms with Crippen molar-refractivity contribution in [3.05, 3.63) is 18.0 Å². The van der Waals surface area contributed by atoms with Gasteiger partial charge in [-0.25, -0.2) is 0 Å². The van der Waals surface area contributed by atoms with Crippen LogP contribution in [-0.2, 0) is 7.05 Å². The number of likely N-dealkylation sites (N-methyl/N-ethyl adjacent to an activating group) is 1. The summed E-state index contributed by atoms with van der Waals surface area (Å²) in [4.78, 5) is 15.1. The molecule has 4 nitrogen and oxygen atoms in total. The van der Waals surface area contributed by atoms with E-state index < -0.39 is 0 Å². The molecule has 1 aliphatic carbocycles. The summed E-state index contributed by atoms with van der Waals surface area (Å²) in [6.07, 6.45) is 6.09. The maximum atomic E-state index is 12.8. The molecule has 1 aliphatic rings. The topological polar surface area (TPSA) is 38.1 Å². The molecule has 18 heavy (non-hydrogen) atoms. The predicted octanol–water partition coefficient (Wildman–Crippen LogP) is 2.26. The van der Waals surface area contributed by atoms with Crippen molar-refractivity contribution in [2.75, 3.05) is 13.1 Å². The Morgan fingerprint density at radius 1 is 1.39 bits per heavy atom. The van der Waals surface area contributed by atoms with Gasteiger partial charge in [0.15, 0.2) is 0 Å². The number of ketones is 1. The number of nitrogens with zero attached hydrogens (tertiary/aromatic N) is 3. The van der Waals surface area contributed by atoms with Crippen molar-refractivity contribution in [1.29, 1.82) is 0 Å². The summed E-state index contributed by atoms with van der Waals surface area (Å²) in [5.41, 5.74) is 0.323. The maximum Gasteiger partial charge on any atom is 0.203 e. The van der Waals surface area contributed by atoms with Gasteiger partial charge in [0.1, 0.15) is 5.69 Å². The van der Waals surface area contributed by atoms with Crippen molar-refractivity contribution in [3.8, 4) is 0 Å². The first kappa shape index (κ1) is 13.3. The van der Waals surface area contributed by atoms with E-state index in [0.717, 1.165) is 38.8 Å². The first-order valence-corrected chi connectivity index (χ1v) is 6.93. The summed E-state index contributed by atoms with van der Waals surface area (Å²) in [5.74, 6) is 0.212. The summed E-state index contributed by atoms with van der Waals surface area (Å²) in [7, 11) is 1.86. The number of aromatic nitrogens is 2. The van der Waals surface area contributed by atoms with Gasteiger partial charge in [-0.3, -0.25) is 14.4 Å². The standard InChI is InChI=1S/C14H23N3O/c1-4-17(5-2)14(9-6-7-10-14)13(18)12-8-11-16(3)15-12/h8,11H,4-7,9-10H2,1-3H3. The number of hydrogen-bond donors (Lipinski definition) is 0. The highest BCUT2D eigenvalue weighted by atomic mass is 16.1. The van der Waals surface area contributed by atoms with Crippen LogP contribution in [0.4, 0.5) is 0 Å². The summed E-state index contributed by atoms with van der Waals surface area (Å²) in [6, 6.07) is 1.84. The Kier molecular flexibility index (Phi) is 3.85. The molecular formula is C14H23N3O. The van der Waals surface area contributed by atoms with Crippen LogP contribution in [0.5, 0.6) is 0 Å². The predicted molar refractivity (Wildman–Crippen MR) is 71.7 cm³/mol. The highest BCUT2D eigenvalue weighted by molar-refractivity contribution is 6.01. The van der Waals surface area contributed by atoms with Gasteiger partial charge in [0.25, 0.3) is 0 Å². The molecule has 0 aliphatic heterocycles. The minimum atomic E-state index is -0.294. The van der Waals surface area contributed by atoms with Gasteiger partial charge in [-0.1, -0.05) is 26.7 Å². The average molecular weight is 249 g/mol. The van der Waals surface area contributed by atoms with Crippen LogP contribution in [0.1, 0.15) is 50.0 Å². The van der Waals surface area contributed by atoms with E-state index >= 15 is 0 Å². The molecule has 100 valence electrons. The van der Waals surface area contributed by atoms with Gasteiger partial charge in [0.2, 0.25) is 5.78 Å². The number of aryl methyl sites for hydroxylation is 1. The molecule has 0 amide bonds. The van der Waals surface area contributed by atoms with E-state index in [2.05, 4.69) is 23.8 Å². The van der Waals surface area contributed by atoms with E-state index in [9.17, 15) is 4.79 Å². The minimum Gasteiger partial charge on any atom is -0.291 e. The average Bonchev–Trinajstić information content (AvgIpc) is 3.00. The lowest BCUT2D eigenvalue weighted by Crippen LogP contribution is -2.52. The van der Waals surface area contributed by atoms with E-state index in [0.29, 0.717) is 5.69 Å². The molecule has 0 unspecified atom stereocenters. The first-order chi connectivity index (χ1) is 8.64. The third-order valence-electron chi connectivity index (χ3n) is 4.17. The second-order valence-electron chi connectivity index (χ2n) is 5.11. The molecule has 4 heteroatoms. The lowest BCUT2D eigenvalue weighted by Gasteiger charge is -2.38. The third-order valence-corrected chi connectivity index (χ3v) is 4.17. The van der Waals surface area contributed by atoms with Crippen LogP contribution < -0.4 is 0 Å². The summed E-state index contributed by atoms with van der Waals surface area (Å²) < 4.78 is 1.71. The highest BCUT2D eigenvalue weighted by Gasteiger charge is 2.45. The molecule has 0 radical (unpaired) electrons. The first-order valence-electron chi connectivity index (χ1n) is 6.93. The van der Waals surface area contributed by atoms with Crippen molar-refractivity contribution in [2.24, 2.45) is 7.05 Å². The van der Waals surface area contributed by atoms with Crippen molar-refractivity contribution in [3.63, 3.8) is 0 Å². The molecule has 1 aromatic rings. The summed E-state index contributed by atoms with van der Waals surface area (Å²) >= 11 is 0. The normalized spacial score (nSPS) is 18.4. The largest absolute Gasteiger partial charge is 0.291 e. The van der Waals surface area contributed by atoms with E-state index in [1.165, 1.54) is 0 Å². The SMILES string of the molecule is CCN(CC)C1(C(=O)c2ccn(C)n2)CCCC1. The van der Waals surface area contributed by atoms with Gasteiger partial charge < -0.3 is 0 Å². The quantitative estimate of drug-likeness (QED) is 0.751. The number of hydrogen-bond acceptors (Lipinski definition) is 3. The molecule has 1 saturated carbocycles. The third kappa shape index (κ3) is 2.09. The molecule has 0 aromatic carbocycles. The molecule has 0 saturated heterocycles. The zero-order valence-electron chi connectivity index (χ0n) is 11.6. The Balaban J connectivity index is 2.32. The molecular weight excluding hydrogens is 226 g/mol. The number of carbonyl (C=O) groups is 1. The van der Waals surface area contributed by atoms with Crippen LogP contribution in [0.25, 0.3) is 0 Å². The number of rotatable bonds is 5. The van der Waals surface area contributed by atoms with Gasteiger partial charge in [-0.15, -0.1) is 0 Å². The Hall–Kier alpha value is -1.16.